The Kier molecular flexibility index (Phi) is 2.27. The molecule has 1 aliphatic rings. The minimum absolute atomic E-state index is 0.122. The van der Waals surface area contributed by atoms with Gasteiger partial charge in [-0.2, -0.15) is 0 Å². The second-order valence-electron chi connectivity index (χ2n) is 2.96. The first kappa shape index (κ1) is 8.63. The Balaban J connectivity index is 2.45. The van der Waals surface area contributed by atoms with Crippen LogP contribution in [-0.2, 0) is 0 Å². The highest BCUT2D eigenvalue weighted by Crippen LogP contribution is 2.25. The molecule has 1 aromatic carbocycles. The monoisotopic (exact) mass is 195 g/mol. The first-order chi connectivity index (χ1) is 6.29. The molecule has 1 aliphatic heterocycles. The lowest BCUT2D eigenvalue weighted by Gasteiger charge is -2.06. The third kappa shape index (κ3) is 1.56. The van der Waals surface area contributed by atoms with Gasteiger partial charge in [0.2, 0.25) is 0 Å². The maximum absolute atomic E-state index is 13.6. The molecule has 0 saturated heterocycles. The van der Waals surface area contributed by atoms with E-state index in [0.717, 1.165) is 11.6 Å². The van der Waals surface area contributed by atoms with Crippen molar-refractivity contribution < 1.29 is 4.39 Å². The van der Waals surface area contributed by atoms with Crippen molar-refractivity contribution in [2.24, 2.45) is 0 Å². The number of thioether (sulfide) groups is 1. The largest absolute Gasteiger partial charge is 0.375 e. The number of nitrogens with one attached hydrogen (secondary N) is 1. The second-order valence-corrected chi connectivity index (χ2v) is 3.81. The van der Waals surface area contributed by atoms with Crippen LogP contribution >= 0.6 is 11.8 Å². The quantitative estimate of drug-likeness (QED) is 0.739. The number of halogens is 1. The fourth-order valence-corrected chi connectivity index (χ4v) is 2.00. The summed E-state index contributed by atoms with van der Waals surface area (Å²) in [6, 6.07) is 5.45. The van der Waals surface area contributed by atoms with Crippen LogP contribution < -0.4 is 5.32 Å². The van der Waals surface area contributed by atoms with Crippen molar-refractivity contribution in [3.05, 3.63) is 40.6 Å². The van der Waals surface area contributed by atoms with Gasteiger partial charge in [0.15, 0.2) is 0 Å². The van der Waals surface area contributed by atoms with Crippen LogP contribution in [0.5, 0.6) is 0 Å². The molecule has 0 spiro atoms. The van der Waals surface area contributed by atoms with Gasteiger partial charge < -0.3 is 5.32 Å². The van der Waals surface area contributed by atoms with Crippen molar-refractivity contribution in [1.29, 1.82) is 0 Å². The molecule has 0 amide bonds. The van der Waals surface area contributed by atoms with Crippen LogP contribution in [0, 0.1) is 12.7 Å². The molecule has 1 nitrogen and oxygen atoms in total. The van der Waals surface area contributed by atoms with Gasteiger partial charge in [-0.05, 0) is 24.0 Å². The Morgan fingerprint density at radius 1 is 1.46 bits per heavy atom. The van der Waals surface area contributed by atoms with Crippen LogP contribution in [0.2, 0.25) is 0 Å². The summed E-state index contributed by atoms with van der Waals surface area (Å²) in [7, 11) is 0. The van der Waals surface area contributed by atoms with Gasteiger partial charge in [0.1, 0.15) is 5.82 Å². The van der Waals surface area contributed by atoms with Crippen LogP contribution in [-0.4, -0.2) is 5.88 Å². The molecule has 1 heterocycles. The van der Waals surface area contributed by atoms with Crippen LogP contribution in [0.15, 0.2) is 23.6 Å². The predicted molar refractivity (Wildman–Crippen MR) is 54.7 cm³/mol. The Bertz CT molecular complexity index is 360. The summed E-state index contributed by atoms with van der Waals surface area (Å²) < 4.78 is 13.6. The van der Waals surface area contributed by atoms with Crippen LogP contribution in [0.25, 0.3) is 5.70 Å². The van der Waals surface area contributed by atoms with Gasteiger partial charge >= 0.3 is 0 Å². The number of benzene rings is 1. The molecule has 0 saturated carbocycles. The van der Waals surface area contributed by atoms with Crippen LogP contribution in [0.4, 0.5) is 4.39 Å². The Morgan fingerprint density at radius 2 is 2.31 bits per heavy atom. The summed E-state index contributed by atoms with van der Waals surface area (Å²) in [5.74, 6) is 0.714. The Morgan fingerprint density at radius 3 is 3.00 bits per heavy atom. The smallest absolute Gasteiger partial charge is 0.135 e. The SMILES string of the molecule is Cc1cccc(C2=CSCN2)c1F. The van der Waals surface area contributed by atoms with E-state index in [9.17, 15) is 4.39 Å². The lowest BCUT2D eigenvalue weighted by atomic mass is 10.1. The van der Waals surface area contributed by atoms with Crippen molar-refractivity contribution >= 4 is 17.5 Å². The van der Waals surface area contributed by atoms with Gasteiger partial charge in [-0.25, -0.2) is 4.39 Å². The molecule has 0 aromatic heterocycles. The average molecular weight is 195 g/mol. The van der Waals surface area contributed by atoms with Gasteiger partial charge in [0, 0.05) is 5.56 Å². The fraction of sp³-hybridized carbons (Fsp3) is 0.200. The molecule has 1 N–H and O–H groups in total. The zero-order valence-electron chi connectivity index (χ0n) is 7.30. The molecule has 68 valence electrons. The van der Waals surface area contributed by atoms with Gasteiger partial charge in [0.05, 0.1) is 11.6 Å². The summed E-state index contributed by atoms with van der Waals surface area (Å²) in [5.41, 5.74) is 2.26. The second kappa shape index (κ2) is 3.42. The van der Waals surface area contributed by atoms with E-state index in [1.54, 1.807) is 30.8 Å². The lowest BCUT2D eigenvalue weighted by Crippen LogP contribution is -2.07. The van der Waals surface area contributed by atoms with Gasteiger partial charge in [-0.3, -0.25) is 0 Å². The third-order valence-electron chi connectivity index (χ3n) is 2.03. The molecule has 0 aliphatic carbocycles. The van der Waals surface area contributed by atoms with Gasteiger partial charge in [-0.1, -0.05) is 12.1 Å². The highest BCUT2D eigenvalue weighted by molar-refractivity contribution is 8.02. The average Bonchev–Trinajstić information content (AvgIpc) is 2.62. The fourth-order valence-electron chi connectivity index (χ4n) is 1.30. The van der Waals surface area contributed by atoms with Crippen molar-refractivity contribution in [3.8, 4) is 0 Å². The molecule has 13 heavy (non-hydrogen) atoms. The molecule has 2 rings (SSSR count). The molecule has 0 atom stereocenters. The summed E-state index contributed by atoms with van der Waals surface area (Å²) in [5, 5.41) is 5.08. The summed E-state index contributed by atoms with van der Waals surface area (Å²) >= 11 is 1.65. The predicted octanol–water partition coefficient (Wildman–Crippen LogP) is 2.73. The summed E-state index contributed by atoms with van der Waals surface area (Å²) in [6.45, 7) is 1.78. The zero-order valence-corrected chi connectivity index (χ0v) is 8.12. The van der Waals surface area contributed by atoms with Crippen molar-refractivity contribution in [2.75, 3.05) is 5.88 Å². The molecular weight excluding hydrogens is 185 g/mol. The minimum Gasteiger partial charge on any atom is -0.375 e. The summed E-state index contributed by atoms with van der Waals surface area (Å²) in [6.07, 6.45) is 0. The van der Waals surface area contributed by atoms with Crippen molar-refractivity contribution in [2.45, 2.75) is 6.92 Å². The van der Waals surface area contributed by atoms with E-state index in [-0.39, 0.29) is 5.82 Å². The van der Waals surface area contributed by atoms with E-state index >= 15 is 0 Å². The van der Waals surface area contributed by atoms with E-state index in [4.69, 9.17) is 0 Å². The summed E-state index contributed by atoms with van der Waals surface area (Å²) in [4.78, 5) is 0. The highest BCUT2D eigenvalue weighted by atomic mass is 32.2. The van der Waals surface area contributed by atoms with E-state index in [1.807, 2.05) is 11.5 Å². The maximum atomic E-state index is 13.6. The number of hydrogen-bond donors (Lipinski definition) is 1. The molecule has 0 radical (unpaired) electrons. The maximum Gasteiger partial charge on any atom is 0.135 e. The molecule has 3 heteroatoms. The Hall–Kier alpha value is -0.960. The first-order valence-corrected chi connectivity index (χ1v) is 5.15. The molecule has 0 unspecified atom stereocenters. The normalized spacial score (nSPS) is 15.4. The minimum atomic E-state index is -0.122. The highest BCUT2D eigenvalue weighted by Gasteiger charge is 2.11. The molecule has 0 bridgehead atoms. The van der Waals surface area contributed by atoms with E-state index in [0.29, 0.717) is 11.1 Å². The van der Waals surface area contributed by atoms with Crippen LogP contribution in [0.1, 0.15) is 11.1 Å². The molecule has 1 aromatic rings. The van der Waals surface area contributed by atoms with E-state index in [2.05, 4.69) is 5.32 Å². The van der Waals surface area contributed by atoms with Crippen LogP contribution in [0.3, 0.4) is 0 Å². The van der Waals surface area contributed by atoms with E-state index < -0.39 is 0 Å². The first-order valence-electron chi connectivity index (χ1n) is 4.10. The number of aryl methyl sites for hydroxylation is 1. The van der Waals surface area contributed by atoms with E-state index in [1.165, 1.54) is 0 Å². The molecule has 0 fully saturated rings. The van der Waals surface area contributed by atoms with Crippen molar-refractivity contribution in [3.63, 3.8) is 0 Å². The van der Waals surface area contributed by atoms with Gasteiger partial charge in [0.25, 0.3) is 0 Å². The lowest BCUT2D eigenvalue weighted by molar-refractivity contribution is 0.613. The standard InChI is InChI=1S/C10H10FNS/c1-7-3-2-4-8(10(7)11)9-5-13-6-12-9/h2-5,12H,6H2,1H3. The van der Waals surface area contributed by atoms with Crippen molar-refractivity contribution in [1.82, 2.24) is 5.32 Å². The molecular formula is C10H10FNS. The Labute approximate surface area is 81.0 Å². The number of hydrogen-bond acceptors (Lipinski definition) is 2. The zero-order chi connectivity index (χ0) is 9.26. The van der Waals surface area contributed by atoms with Gasteiger partial charge in [-0.15, -0.1) is 11.8 Å². The number of rotatable bonds is 1. The topological polar surface area (TPSA) is 12.0 Å². The third-order valence-corrected chi connectivity index (χ3v) is 2.74.